The standard InChI is InChI=1S/C29H52O4/c1-3-5-6-7-8-9-10-11-12-13-14-15-16-17-18-19-20-21-22-23-24-27(26-28(30)31)29(32)33-25-4-2/h4,17-18,27H,2-3,5-16,19-26H2,1H3,(H,30,31)/b18-17+. The van der Waals surface area contributed by atoms with Crippen LogP contribution in [0.3, 0.4) is 0 Å². The second kappa shape index (κ2) is 25.1. The first-order valence-electron chi connectivity index (χ1n) is 13.8. The molecule has 0 rings (SSSR count). The zero-order valence-electron chi connectivity index (χ0n) is 21.5. The van der Waals surface area contributed by atoms with Gasteiger partial charge in [-0.3, -0.25) is 9.59 Å². The fourth-order valence-corrected chi connectivity index (χ4v) is 4.12. The van der Waals surface area contributed by atoms with E-state index in [-0.39, 0.29) is 13.0 Å². The van der Waals surface area contributed by atoms with Crippen molar-refractivity contribution >= 4 is 11.9 Å². The van der Waals surface area contributed by atoms with Gasteiger partial charge >= 0.3 is 11.9 Å². The Bertz CT molecular complexity index is 498. The number of aliphatic carboxylic acids is 1. The third-order valence-corrected chi connectivity index (χ3v) is 6.16. The maximum Gasteiger partial charge on any atom is 0.309 e. The quantitative estimate of drug-likeness (QED) is 0.0832. The molecule has 1 N–H and O–H groups in total. The Hall–Kier alpha value is -1.58. The number of unbranched alkanes of at least 4 members (excludes halogenated alkanes) is 16. The van der Waals surface area contributed by atoms with Gasteiger partial charge in [0.15, 0.2) is 0 Å². The Balaban J connectivity index is 3.49. The third kappa shape index (κ3) is 23.4. The number of carboxylic acids is 1. The smallest absolute Gasteiger partial charge is 0.309 e. The van der Waals surface area contributed by atoms with Gasteiger partial charge in [-0.15, -0.1) is 0 Å². The molecular formula is C29H52O4. The summed E-state index contributed by atoms with van der Waals surface area (Å²) in [6.45, 7) is 5.92. The van der Waals surface area contributed by atoms with E-state index in [2.05, 4.69) is 25.7 Å². The molecular weight excluding hydrogens is 412 g/mol. The fourth-order valence-electron chi connectivity index (χ4n) is 4.12. The molecule has 4 nitrogen and oxygen atoms in total. The van der Waals surface area contributed by atoms with Gasteiger partial charge < -0.3 is 9.84 Å². The maximum absolute atomic E-state index is 11.9. The van der Waals surface area contributed by atoms with Gasteiger partial charge in [-0.25, -0.2) is 0 Å². The van der Waals surface area contributed by atoms with Crippen LogP contribution in [0.1, 0.15) is 135 Å². The highest BCUT2D eigenvalue weighted by molar-refractivity contribution is 5.79. The summed E-state index contributed by atoms with van der Waals surface area (Å²) in [7, 11) is 0. The molecule has 0 radical (unpaired) electrons. The number of carbonyl (C=O) groups excluding carboxylic acids is 1. The van der Waals surface area contributed by atoms with Gasteiger partial charge in [0.05, 0.1) is 12.3 Å². The Morgan fingerprint density at radius 3 is 1.67 bits per heavy atom. The minimum atomic E-state index is -0.950. The lowest BCUT2D eigenvalue weighted by Gasteiger charge is -2.13. The SMILES string of the molecule is C=CCOC(=O)C(CCCCCC/C=C/CCCCCCCCCCCCCC)CC(=O)O. The maximum atomic E-state index is 11.9. The summed E-state index contributed by atoms with van der Waals surface area (Å²) >= 11 is 0. The molecule has 0 fully saturated rings. The average Bonchev–Trinajstić information content (AvgIpc) is 2.80. The molecule has 0 aliphatic carbocycles. The summed E-state index contributed by atoms with van der Waals surface area (Å²) in [5, 5.41) is 8.99. The lowest BCUT2D eigenvalue weighted by atomic mass is 9.97. The van der Waals surface area contributed by atoms with Gasteiger partial charge in [-0.1, -0.05) is 122 Å². The van der Waals surface area contributed by atoms with Crippen LogP contribution in [0.2, 0.25) is 0 Å². The highest BCUT2D eigenvalue weighted by atomic mass is 16.5. The minimum Gasteiger partial charge on any atom is -0.481 e. The van der Waals surface area contributed by atoms with Crippen molar-refractivity contribution in [3.05, 3.63) is 24.8 Å². The third-order valence-electron chi connectivity index (χ3n) is 6.16. The van der Waals surface area contributed by atoms with Crippen LogP contribution in [0.5, 0.6) is 0 Å². The first kappa shape index (κ1) is 31.4. The second-order valence-corrected chi connectivity index (χ2v) is 9.35. The molecule has 192 valence electrons. The monoisotopic (exact) mass is 464 g/mol. The number of ether oxygens (including phenoxy) is 1. The van der Waals surface area contributed by atoms with E-state index >= 15 is 0 Å². The topological polar surface area (TPSA) is 63.6 Å². The zero-order chi connectivity index (χ0) is 24.4. The molecule has 0 spiro atoms. The number of esters is 1. The Labute approximate surface area is 204 Å². The number of allylic oxidation sites excluding steroid dienone is 2. The lowest BCUT2D eigenvalue weighted by Crippen LogP contribution is -2.21. The minimum absolute atomic E-state index is 0.139. The average molecular weight is 465 g/mol. The van der Waals surface area contributed by atoms with Crippen molar-refractivity contribution in [1.29, 1.82) is 0 Å². The molecule has 0 bridgehead atoms. The Kier molecular flexibility index (Phi) is 23.9. The van der Waals surface area contributed by atoms with Gasteiger partial charge in [-0.05, 0) is 32.1 Å². The zero-order valence-corrected chi connectivity index (χ0v) is 21.5. The molecule has 0 aliphatic heterocycles. The van der Waals surface area contributed by atoms with E-state index in [0.717, 1.165) is 32.1 Å². The molecule has 33 heavy (non-hydrogen) atoms. The highest BCUT2D eigenvalue weighted by Gasteiger charge is 2.22. The van der Waals surface area contributed by atoms with Crippen molar-refractivity contribution in [1.82, 2.24) is 0 Å². The van der Waals surface area contributed by atoms with Crippen LogP contribution >= 0.6 is 0 Å². The van der Waals surface area contributed by atoms with Gasteiger partial charge in [-0.2, -0.15) is 0 Å². The van der Waals surface area contributed by atoms with Crippen LogP contribution in [0.4, 0.5) is 0 Å². The lowest BCUT2D eigenvalue weighted by molar-refractivity contribution is -0.152. The summed E-state index contributed by atoms with van der Waals surface area (Å²) in [6, 6.07) is 0. The van der Waals surface area contributed by atoms with Gasteiger partial charge in [0, 0.05) is 0 Å². The summed E-state index contributed by atoms with van der Waals surface area (Å²) in [4.78, 5) is 22.9. The van der Waals surface area contributed by atoms with Gasteiger partial charge in [0.1, 0.15) is 6.61 Å². The summed E-state index contributed by atoms with van der Waals surface area (Å²) in [5.41, 5.74) is 0. The van der Waals surface area contributed by atoms with E-state index in [1.165, 1.54) is 89.5 Å². The molecule has 1 unspecified atom stereocenters. The van der Waals surface area contributed by atoms with E-state index in [1.807, 2.05) is 0 Å². The molecule has 0 heterocycles. The van der Waals surface area contributed by atoms with Crippen LogP contribution in [0.25, 0.3) is 0 Å². The van der Waals surface area contributed by atoms with Gasteiger partial charge in [0.25, 0.3) is 0 Å². The predicted octanol–water partition coefficient (Wildman–Crippen LogP) is 8.79. The van der Waals surface area contributed by atoms with Crippen LogP contribution < -0.4 is 0 Å². The van der Waals surface area contributed by atoms with Crippen LogP contribution in [-0.2, 0) is 14.3 Å². The van der Waals surface area contributed by atoms with Crippen molar-refractivity contribution in [2.45, 2.75) is 135 Å². The Morgan fingerprint density at radius 1 is 0.758 bits per heavy atom. The van der Waals surface area contributed by atoms with Crippen molar-refractivity contribution < 1.29 is 19.4 Å². The van der Waals surface area contributed by atoms with Crippen molar-refractivity contribution in [2.75, 3.05) is 6.61 Å². The first-order valence-corrected chi connectivity index (χ1v) is 13.8. The van der Waals surface area contributed by atoms with Crippen LogP contribution in [0, 0.1) is 5.92 Å². The number of hydrogen-bond donors (Lipinski definition) is 1. The van der Waals surface area contributed by atoms with Crippen LogP contribution in [0.15, 0.2) is 24.8 Å². The van der Waals surface area contributed by atoms with Crippen molar-refractivity contribution in [3.63, 3.8) is 0 Å². The van der Waals surface area contributed by atoms with E-state index in [1.54, 1.807) is 0 Å². The van der Waals surface area contributed by atoms with Crippen molar-refractivity contribution in [2.24, 2.45) is 5.92 Å². The summed E-state index contributed by atoms with van der Waals surface area (Å²) in [6.07, 6.45) is 29.8. The summed E-state index contributed by atoms with van der Waals surface area (Å²) in [5.74, 6) is -1.91. The summed E-state index contributed by atoms with van der Waals surface area (Å²) < 4.78 is 5.02. The van der Waals surface area contributed by atoms with Gasteiger partial charge in [0.2, 0.25) is 0 Å². The number of hydrogen-bond acceptors (Lipinski definition) is 3. The fraction of sp³-hybridized carbons (Fsp3) is 0.793. The van der Waals surface area contributed by atoms with E-state index in [0.29, 0.717) is 6.42 Å². The number of rotatable bonds is 25. The second-order valence-electron chi connectivity index (χ2n) is 9.35. The van der Waals surface area contributed by atoms with E-state index in [4.69, 9.17) is 9.84 Å². The Morgan fingerprint density at radius 2 is 1.21 bits per heavy atom. The highest BCUT2D eigenvalue weighted by Crippen LogP contribution is 2.17. The number of carboxylic acid groups (broad SMARTS) is 1. The largest absolute Gasteiger partial charge is 0.481 e. The molecule has 0 amide bonds. The molecule has 1 atom stereocenters. The first-order chi connectivity index (χ1) is 16.1. The van der Waals surface area contributed by atoms with E-state index < -0.39 is 17.9 Å². The molecule has 0 aromatic carbocycles. The van der Waals surface area contributed by atoms with Crippen molar-refractivity contribution in [3.8, 4) is 0 Å². The molecule has 0 saturated carbocycles. The molecule has 0 aromatic rings. The predicted molar refractivity (Wildman–Crippen MR) is 139 cm³/mol. The molecule has 0 aromatic heterocycles. The molecule has 4 heteroatoms. The molecule has 0 saturated heterocycles. The van der Waals surface area contributed by atoms with Crippen LogP contribution in [-0.4, -0.2) is 23.7 Å². The number of carbonyl (C=O) groups is 2. The normalized spacial score (nSPS) is 12.2. The van der Waals surface area contributed by atoms with E-state index in [9.17, 15) is 9.59 Å². The molecule has 0 aliphatic rings.